The van der Waals surface area contributed by atoms with Gasteiger partial charge in [-0.3, -0.25) is 0 Å². The number of hydrogen-bond donors (Lipinski definition) is 2. The summed E-state index contributed by atoms with van der Waals surface area (Å²) < 4.78 is 21.8. The molecule has 7 heteroatoms. The highest BCUT2D eigenvalue weighted by Gasteiger charge is 2.04. The molecule has 0 spiro atoms. The fourth-order valence-electron chi connectivity index (χ4n) is 1.23. The molecule has 0 aliphatic carbocycles. The lowest BCUT2D eigenvalue weighted by atomic mass is 10.3. The van der Waals surface area contributed by atoms with E-state index in [4.69, 9.17) is 11.0 Å². The van der Waals surface area contributed by atoms with E-state index < -0.39 is 9.84 Å². The van der Waals surface area contributed by atoms with Gasteiger partial charge in [-0.05, 0) is 12.5 Å². The van der Waals surface area contributed by atoms with Gasteiger partial charge in [0, 0.05) is 19.0 Å². The Morgan fingerprint density at radius 2 is 2.29 bits per heavy atom. The summed E-state index contributed by atoms with van der Waals surface area (Å²) in [6.45, 7) is 0.468. The number of rotatable bonds is 5. The van der Waals surface area contributed by atoms with Crippen molar-refractivity contribution in [3.8, 4) is 6.07 Å². The summed E-state index contributed by atoms with van der Waals surface area (Å²) >= 11 is 0. The first-order valence-electron chi connectivity index (χ1n) is 4.99. The first kappa shape index (κ1) is 13.3. The molecule has 0 aliphatic rings. The van der Waals surface area contributed by atoms with Gasteiger partial charge in [0.2, 0.25) is 0 Å². The highest BCUT2D eigenvalue weighted by Crippen LogP contribution is 2.15. The van der Waals surface area contributed by atoms with Crippen LogP contribution in [0.3, 0.4) is 0 Å². The highest BCUT2D eigenvalue weighted by molar-refractivity contribution is 7.90. The molecule has 0 bridgehead atoms. The minimum atomic E-state index is -2.93. The third-order valence-corrected chi connectivity index (χ3v) is 3.06. The number of anilines is 2. The van der Waals surface area contributed by atoms with Crippen LogP contribution < -0.4 is 11.1 Å². The first-order chi connectivity index (χ1) is 7.92. The summed E-state index contributed by atoms with van der Waals surface area (Å²) in [7, 11) is -2.93. The van der Waals surface area contributed by atoms with Crippen molar-refractivity contribution in [1.82, 2.24) is 4.98 Å². The Morgan fingerprint density at radius 1 is 1.59 bits per heavy atom. The van der Waals surface area contributed by atoms with Crippen LogP contribution >= 0.6 is 0 Å². The van der Waals surface area contributed by atoms with Crippen LogP contribution in [-0.4, -0.2) is 32.0 Å². The molecule has 17 heavy (non-hydrogen) atoms. The number of pyridine rings is 1. The van der Waals surface area contributed by atoms with E-state index in [9.17, 15) is 8.42 Å². The van der Waals surface area contributed by atoms with Crippen LogP contribution in [-0.2, 0) is 9.84 Å². The number of nitrogens with zero attached hydrogens (tertiary/aromatic N) is 2. The van der Waals surface area contributed by atoms with Crippen LogP contribution in [0.25, 0.3) is 0 Å². The predicted molar refractivity (Wildman–Crippen MR) is 66.2 cm³/mol. The maximum absolute atomic E-state index is 10.9. The Morgan fingerprint density at radius 3 is 2.82 bits per heavy atom. The fourth-order valence-corrected chi connectivity index (χ4v) is 1.90. The summed E-state index contributed by atoms with van der Waals surface area (Å²) in [5.74, 6) is 0.591. The Balaban J connectivity index is 2.51. The summed E-state index contributed by atoms with van der Waals surface area (Å²) in [5.41, 5.74) is 6.44. The van der Waals surface area contributed by atoms with E-state index in [0.29, 0.717) is 30.0 Å². The van der Waals surface area contributed by atoms with Gasteiger partial charge in [-0.2, -0.15) is 5.26 Å². The number of aromatic nitrogens is 1. The normalized spacial score (nSPS) is 10.8. The number of nitrogens with one attached hydrogen (secondary N) is 1. The molecule has 0 radical (unpaired) electrons. The molecular formula is C10H14N4O2S. The number of nitriles is 1. The second-order valence-electron chi connectivity index (χ2n) is 3.68. The minimum Gasteiger partial charge on any atom is -0.396 e. The molecule has 0 atom stereocenters. The summed E-state index contributed by atoms with van der Waals surface area (Å²) in [6.07, 6.45) is 3.09. The topological polar surface area (TPSA) is 109 Å². The molecule has 0 aromatic carbocycles. The van der Waals surface area contributed by atoms with Gasteiger partial charge in [-0.15, -0.1) is 0 Å². The molecule has 1 rings (SSSR count). The quantitative estimate of drug-likeness (QED) is 0.735. The van der Waals surface area contributed by atoms with Crippen molar-refractivity contribution >= 4 is 21.3 Å². The number of sulfone groups is 1. The van der Waals surface area contributed by atoms with Crippen LogP contribution in [0.5, 0.6) is 0 Å². The molecular weight excluding hydrogens is 240 g/mol. The van der Waals surface area contributed by atoms with Crippen LogP contribution in [0.4, 0.5) is 11.5 Å². The van der Waals surface area contributed by atoms with Crippen molar-refractivity contribution in [2.45, 2.75) is 6.42 Å². The lowest BCUT2D eigenvalue weighted by Crippen LogP contribution is -2.11. The first-order valence-corrected chi connectivity index (χ1v) is 7.05. The zero-order chi connectivity index (χ0) is 12.9. The molecule has 1 heterocycles. The van der Waals surface area contributed by atoms with Gasteiger partial charge in [0.1, 0.15) is 21.7 Å². The molecule has 0 saturated heterocycles. The lowest BCUT2D eigenvalue weighted by molar-refractivity contribution is 0.600. The van der Waals surface area contributed by atoms with E-state index >= 15 is 0 Å². The van der Waals surface area contributed by atoms with Crippen LogP contribution in [0.2, 0.25) is 0 Å². The molecule has 0 unspecified atom stereocenters. The summed E-state index contributed by atoms with van der Waals surface area (Å²) in [5, 5.41) is 11.6. The van der Waals surface area contributed by atoms with Gasteiger partial charge in [0.05, 0.1) is 17.0 Å². The van der Waals surface area contributed by atoms with E-state index in [1.807, 2.05) is 6.07 Å². The van der Waals surface area contributed by atoms with Crippen LogP contribution in [0, 0.1) is 11.3 Å². The van der Waals surface area contributed by atoms with E-state index in [0.717, 1.165) is 0 Å². The van der Waals surface area contributed by atoms with Gasteiger partial charge < -0.3 is 11.1 Å². The highest BCUT2D eigenvalue weighted by atomic mass is 32.2. The molecule has 1 aromatic heterocycles. The number of hydrogen-bond acceptors (Lipinski definition) is 6. The predicted octanol–water partition coefficient (Wildman–Crippen LogP) is 0.382. The summed E-state index contributed by atoms with van der Waals surface area (Å²) in [6, 6.07) is 3.45. The molecule has 0 saturated carbocycles. The van der Waals surface area contributed by atoms with Crippen molar-refractivity contribution in [2.75, 3.05) is 29.6 Å². The Bertz CT molecular complexity index is 534. The smallest absolute Gasteiger partial charge is 0.149 e. The SMILES string of the molecule is CS(=O)(=O)CCCNc1ncc(C#N)cc1N. The van der Waals surface area contributed by atoms with Gasteiger partial charge in [-0.25, -0.2) is 13.4 Å². The fraction of sp³-hybridized carbons (Fsp3) is 0.400. The molecule has 0 fully saturated rings. The van der Waals surface area contributed by atoms with Crippen LogP contribution in [0.15, 0.2) is 12.3 Å². The average Bonchev–Trinajstić information content (AvgIpc) is 2.24. The zero-order valence-electron chi connectivity index (χ0n) is 9.47. The lowest BCUT2D eigenvalue weighted by Gasteiger charge is -2.07. The Hall–Kier alpha value is -1.81. The van der Waals surface area contributed by atoms with Crippen molar-refractivity contribution in [1.29, 1.82) is 5.26 Å². The minimum absolute atomic E-state index is 0.121. The van der Waals surface area contributed by atoms with Crippen molar-refractivity contribution < 1.29 is 8.42 Å². The van der Waals surface area contributed by atoms with Gasteiger partial charge in [0.15, 0.2) is 0 Å². The maximum Gasteiger partial charge on any atom is 0.149 e. The third kappa shape index (κ3) is 4.70. The van der Waals surface area contributed by atoms with E-state index in [-0.39, 0.29) is 5.75 Å². The molecule has 1 aromatic rings. The van der Waals surface area contributed by atoms with Crippen molar-refractivity contribution in [3.63, 3.8) is 0 Å². The number of nitrogen functional groups attached to an aromatic ring is 1. The Labute approximate surface area is 100 Å². The zero-order valence-corrected chi connectivity index (χ0v) is 10.3. The molecule has 3 N–H and O–H groups in total. The third-order valence-electron chi connectivity index (χ3n) is 2.03. The number of nitrogens with two attached hydrogens (primary N) is 1. The van der Waals surface area contributed by atoms with E-state index in [2.05, 4.69) is 10.3 Å². The van der Waals surface area contributed by atoms with Gasteiger partial charge in [-0.1, -0.05) is 0 Å². The largest absolute Gasteiger partial charge is 0.396 e. The standard InChI is InChI=1S/C10H14N4O2S/c1-17(15,16)4-2-3-13-10-9(12)5-8(6-11)7-14-10/h5,7H,2-4,12H2,1H3,(H,13,14). The second kappa shape index (κ2) is 5.50. The molecule has 0 aliphatic heterocycles. The van der Waals surface area contributed by atoms with Crippen molar-refractivity contribution in [3.05, 3.63) is 17.8 Å². The molecule has 6 nitrogen and oxygen atoms in total. The summed E-state index contributed by atoms with van der Waals surface area (Å²) in [4.78, 5) is 3.97. The molecule has 0 amide bonds. The van der Waals surface area contributed by atoms with E-state index in [1.165, 1.54) is 18.5 Å². The van der Waals surface area contributed by atoms with E-state index in [1.54, 1.807) is 0 Å². The van der Waals surface area contributed by atoms with Gasteiger partial charge >= 0.3 is 0 Å². The van der Waals surface area contributed by atoms with Crippen molar-refractivity contribution in [2.24, 2.45) is 0 Å². The Kier molecular flexibility index (Phi) is 4.29. The average molecular weight is 254 g/mol. The molecule has 92 valence electrons. The second-order valence-corrected chi connectivity index (χ2v) is 5.94. The van der Waals surface area contributed by atoms with Crippen LogP contribution in [0.1, 0.15) is 12.0 Å². The maximum atomic E-state index is 10.9. The van der Waals surface area contributed by atoms with Gasteiger partial charge in [0.25, 0.3) is 0 Å². The monoisotopic (exact) mass is 254 g/mol.